The highest BCUT2D eigenvalue weighted by atomic mass is 16.3. The predicted molar refractivity (Wildman–Crippen MR) is 61.8 cm³/mol. The molecule has 0 atom stereocenters. The summed E-state index contributed by atoms with van der Waals surface area (Å²) in [5.41, 5.74) is -0.521. The maximum absolute atomic E-state index is 11.5. The van der Waals surface area contributed by atoms with Gasteiger partial charge in [-0.25, -0.2) is 0 Å². The summed E-state index contributed by atoms with van der Waals surface area (Å²) >= 11 is 0. The zero-order valence-electron chi connectivity index (χ0n) is 10.3. The minimum Gasteiger partial charge on any atom is -0.394 e. The summed E-state index contributed by atoms with van der Waals surface area (Å²) in [7, 11) is 0. The number of rotatable bonds is 7. The van der Waals surface area contributed by atoms with Crippen LogP contribution in [0.3, 0.4) is 0 Å². The van der Waals surface area contributed by atoms with E-state index in [1.807, 2.05) is 13.8 Å². The molecule has 0 bridgehead atoms. The molecule has 0 unspecified atom stereocenters. The normalized spacial score (nSPS) is 11.0. The Labute approximate surface area is 96.6 Å². The molecule has 0 aliphatic carbocycles. The topological polar surface area (TPSA) is 78.4 Å². The van der Waals surface area contributed by atoms with Gasteiger partial charge in [-0.05, 0) is 12.8 Å². The van der Waals surface area contributed by atoms with E-state index in [9.17, 15) is 14.7 Å². The first-order valence-electron chi connectivity index (χ1n) is 5.66. The van der Waals surface area contributed by atoms with Gasteiger partial charge >= 0.3 is 0 Å². The lowest BCUT2D eigenvalue weighted by Gasteiger charge is -2.30. The summed E-state index contributed by atoms with van der Waals surface area (Å²) in [5.74, 6) is -0.293. The maximum atomic E-state index is 11.5. The van der Waals surface area contributed by atoms with Gasteiger partial charge < -0.3 is 15.7 Å². The second-order valence-electron chi connectivity index (χ2n) is 3.93. The van der Waals surface area contributed by atoms with Crippen LogP contribution in [0.2, 0.25) is 0 Å². The van der Waals surface area contributed by atoms with Crippen molar-refractivity contribution in [2.45, 2.75) is 45.6 Å². The molecule has 0 spiro atoms. The molecule has 0 rings (SSSR count). The highest BCUT2D eigenvalue weighted by Crippen LogP contribution is 2.13. The van der Waals surface area contributed by atoms with Crippen LogP contribution < -0.4 is 10.6 Å². The standard InChI is InChI=1S/C11H22N2O3/c1-4-11(5-2,8-14)13-10(16)6-7-12-9(3)15/h14H,4-8H2,1-3H3,(H,12,15)(H,13,16). The summed E-state index contributed by atoms with van der Waals surface area (Å²) in [6.07, 6.45) is 1.61. The molecule has 0 aliphatic rings. The number of aliphatic hydroxyl groups is 1. The van der Waals surface area contributed by atoms with E-state index in [0.717, 1.165) is 0 Å². The van der Waals surface area contributed by atoms with Crippen molar-refractivity contribution in [3.8, 4) is 0 Å². The third-order valence-electron chi connectivity index (χ3n) is 2.79. The highest BCUT2D eigenvalue weighted by molar-refractivity contribution is 5.78. The van der Waals surface area contributed by atoms with Gasteiger partial charge in [0.1, 0.15) is 0 Å². The van der Waals surface area contributed by atoms with Crippen molar-refractivity contribution in [3.63, 3.8) is 0 Å². The van der Waals surface area contributed by atoms with Crippen LogP contribution in [0.1, 0.15) is 40.0 Å². The molecule has 5 heteroatoms. The van der Waals surface area contributed by atoms with Gasteiger partial charge in [-0.3, -0.25) is 9.59 Å². The van der Waals surface area contributed by atoms with Crippen LogP contribution in [0.15, 0.2) is 0 Å². The molecule has 0 fully saturated rings. The minimum absolute atomic E-state index is 0.0636. The number of aliphatic hydroxyl groups excluding tert-OH is 1. The van der Waals surface area contributed by atoms with Crippen molar-refractivity contribution in [1.82, 2.24) is 10.6 Å². The first-order chi connectivity index (χ1) is 7.49. The Morgan fingerprint density at radius 3 is 2.19 bits per heavy atom. The third kappa shape index (κ3) is 5.11. The number of carbonyl (C=O) groups excluding carboxylic acids is 2. The highest BCUT2D eigenvalue weighted by Gasteiger charge is 2.26. The van der Waals surface area contributed by atoms with Crippen molar-refractivity contribution < 1.29 is 14.7 Å². The van der Waals surface area contributed by atoms with Crippen molar-refractivity contribution in [3.05, 3.63) is 0 Å². The lowest BCUT2D eigenvalue weighted by atomic mass is 9.94. The predicted octanol–water partition coefficient (Wildman–Crippen LogP) is 0.180. The number of hydrogen-bond acceptors (Lipinski definition) is 3. The summed E-state index contributed by atoms with van der Waals surface area (Å²) in [6, 6.07) is 0. The molecule has 94 valence electrons. The molecule has 2 amide bonds. The van der Waals surface area contributed by atoms with Crippen LogP contribution in [0.25, 0.3) is 0 Å². The Kier molecular flexibility index (Phi) is 6.72. The van der Waals surface area contributed by atoms with Crippen molar-refractivity contribution in [2.24, 2.45) is 0 Å². The van der Waals surface area contributed by atoms with Crippen LogP contribution in [0, 0.1) is 0 Å². The van der Waals surface area contributed by atoms with Crippen molar-refractivity contribution in [2.75, 3.05) is 13.2 Å². The zero-order valence-corrected chi connectivity index (χ0v) is 10.3. The Bertz CT molecular complexity index is 229. The van der Waals surface area contributed by atoms with Gasteiger partial charge in [-0.2, -0.15) is 0 Å². The zero-order chi connectivity index (χ0) is 12.6. The van der Waals surface area contributed by atoms with Crippen LogP contribution >= 0.6 is 0 Å². The second kappa shape index (κ2) is 7.22. The van der Waals surface area contributed by atoms with Gasteiger partial charge in [-0.15, -0.1) is 0 Å². The SMILES string of the molecule is CCC(CC)(CO)NC(=O)CCNC(C)=O. The fraction of sp³-hybridized carbons (Fsp3) is 0.818. The Morgan fingerprint density at radius 1 is 1.25 bits per heavy atom. The van der Waals surface area contributed by atoms with Crippen LogP contribution in [-0.2, 0) is 9.59 Å². The lowest BCUT2D eigenvalue weighted by molar-refractivity contribution is -0.124. The molecule has 0 heterocycles. The number of amides is 2. The monoisotopic (exact) mass is 230 g/mol. The molecule has 0 saturated carbocycles. The molecule has 0 radical (unpaired) electrons. The van der Waals surface area contributed by atoms with Crippen molar-refractivity contribution in [1.29, 1.82) is 0 Å². The number of hydrogen-bond donors (Lipinski definition) is 3. The largest absolute Gasteiger partial charge is 0.394 e. The molecular formula is C11H22N2O3. The van der Waals surface area contributed by atoms with Gasteiger partial charge in [-0.1, -0.05) is 13.8 Å². The summed E-state index contributed by atoms with van der Waals surface area (Å²) in [6.45, 7) is 5.53. The molecule has 0 aromatic rings. The first kappa shape index (κ1) is 14.9. The van der Waals surface area contributed by atoms with E-state index in [1.165, 1.54) is 6.92 Å². The molecule has 0 aliphatic heterocycles. The van der Waals surface area contributed by atoms with Crippen molar-refractivity contribution >= 4 is 11.8 Å². The van der Waals surface area contributed by atoms with E-state index >= 15 is 0 Å². The lowest BCUT2D eigenvalue weighted by Crippen LogP contribution is -2.51. The minimum atomic E-state index is -0.521. The van der Waals surface area contributed by atoms with E-state index in [1.54, 1.807) is 0 Å². The molecule has 16 heavy (non-hydrogen) atoms. The fourth-order valence-electron chi connectivity index (χ4n) is 1.40. The van der Waals surface area contributed by atoms with Gasteiger partial charge in [0.25, 0.3) is 0 Å². The molecule has 0 aromatic carbocycles. The van der Waals surface area contributed by atoms with E-state index < -0.39 is 5.54 Å². The van der Waals surface area contributed by atoms with E-state index in [4.69, 9.17) is 0 Å². The molecule has 5 nitrogen and oxygen atoms in total. The Morgan fingerprint density at radius 2 is 1.81 bits per heavy atom. The molecule has 0 aromatic heterocycles. The second-order valence-corrected chi connectivity index (χ2v) is 3.93. The van der Waals surface area contributed by atoms with Gasteiger partial charge in [0.15, 0.2) is 0 Å². The van der Waals surface area contributed by atoms with E-state index in [2.05, 4.69) is 10.6 Å². The molecular weight excluding hydrogens is 208 g/mol. The van der Waals surface area contributed by atoms with Gasteiger partial charge in [0, 0.05) is 19.9 Å². The summed E-state index contributed by atoms with van der Waals surface area (Å²) in [4.78, 5) is 22.1. The quantitative estimate of drug-likeness (QED) is 0.584. The summed E-state index contributed by atoms with van der Waals surface area (Å²) in [5, 5.41) is 14.6. The maximum Gasteiger partial charge on any atom is 0.222 e. The Balaban J connectivity index is 4.05. The first-order valence-corrected chi connectivity index (χ1v) is 5.66. The summed E-state index contributed by atoms with van der Waals surface area (Å²) < 4.78 is 0. The van der Waals surface area contributed by atoms with E-state index in [-0.39, 0.29) is 24.8 Å². The number of carbonyl (C=O) groups is 2. The van der Waals surface area contributed by atoms with E-state index in [0.29, 0.717) is 19.4 Å². The van der Waals surface area contributed by atoms with Crippen LogP contribution in [-0.4, -0.2) is 35.6 Å². The Hall–Kier alpha value is -1.10. The molecule has 0 saturated heterocycles. The number of nitrogens with one attached hydrogen (secondary N) is 2. The van der Waals surface area contributed by atoms with Gasteiger partial charge in [0.05, 0.1) is 12.1 Å². The average Bonchev–Trinajstić information content (AvgIpc) is 2.25. The molecule has 3 N–H and O–H groups in total. The van der Waals surface area contributed by atoms with Crippen LogP contribution in [0.4, 0.5) is 0 Å². The van der Waals surface area contributed by atoms with Crippen LogP contribution in [0.5, 0.6) is 0 Å². The smallest absolute Gasteiger partial charge is 0.222 e. The van der Waals surface area contributed by atoms with Gasteiger partial charge in [0.2, 0.25) is 11.8 Å². The third-order valence-corrected chi connectivity index (χ3v) is 2.79. The average molecular weight is 230 g/mol. The fourth-order valence-corrected chi connectivity index (χ4v) is 1.40.